The van der Waals surface area contributed by atoms with Crippen molar-refractivity contribution in [2.75, 3.05) is 6.54 Å². The van der Waals surface area contributed by atoms with E-state index in [-0.39, 0.29) is 11.6 Å². The molecular weight excluding hydrogens is 240 g/mol. The topological polar surface area (TPSA) is 69.8 Å². The minimum atomic E-state index is -0.219. The lowest BCUT2D eigenvalue weighted by Crippen LogP contribution is -2.46. The Kier molecular flexibility index (Phi) is 3.74. The summed E-state index contributed by atoms with van der Waals surface area (Å²) >= 11 is 0. The molecule has 1 aromatic heterocycles. The van der Waals surface area contributed by atoms with E-state index in [4.69, 9.17) is 0 Å². The largest absolute Gasteiger partial charge is 0.342 e. The fourth-order valence-electron chi connectivity index (χ4n) is 1.80. The Morgan fingerprint density at radius 2 is 2.05 bits per heavy atom. The van der Waals surface area contributed by atoms with Crippen LogP contribution in [0.5, 0.6) is 0 Å². The van der Waals surface area contributed by atoms with Crippen LogP contribution in [0.1, 0.15) is 26.6 Å². The van der Waals surface area contributed by atoms with Crippen molar-refractivity contribution in [3.05, 3.63) is 30.1 Å². The first-order valence-electron chi connectivity index (χ1n) is 6.44. The molecule has 0 fully saturated rings. The van der Waals surface area contributed by atoms with E-state index in [1.807, 2.05) is 45.0 Å². The van der Waals surface area contributed by atoms with Crippen molar-refractivity contribution in [2.24, 2.45) is 0 Å². The van der Waals surface area contributed by atoms with E-state index in [1.54, 1.807) is 0 Å². The number of nitrogens with zero attached hydrogens (tertiary/aromatic N) is 1. The number of hydrogen-bond acceptors (Lipinski definition) is 2. The Morgan fingerprint density at radius 3 is 2.74 bits per heavy atom. The molecule has 0 bridgehead atoms. The highest BCUT2D eigenvalue weighted by molar-refractivity contribution is 5.75. The molecule has 2 aromatic rings. The third-order valence-electron chi connectivity index (χ3n) is 2.57. The van der Waals surface area contributed by atoms with Crippen LogP contribution in [-0.2, 0) is 6.42 Å². The van der Waals surface area contributed by atoms with Gasteiger partial charge in [-0.25, -0.2) is 9.78 Å². The van der Waals surface area contributed by atoms with E-state index in [9.17, 15) is 4.79 Å². The van der Waals surface area contributed by atoms with Gasteiger partial charge in [-0.15, -0.1) is 0 Å². The van der Waals surface area contributed by atoms with Crippen LogP contribution >= 0.6 is 0 Å². The van der Waals surface area contributed by atoms with Crippen LogP contribution in [0.3, 0.4) is 0 Å². The second-order valence-corrected chi connectivity index (χ2v) is 5.58. The monoisotopic (exact) mass is 260 g/mol. The Bertz CT molecular complexity index is 535. The molecule has 1 aromatic carbocycles. The normalized spacial score (nSPS) is 11.5. The van der Waals surface area contributed by atoms with Crippen molar-refractivity contribution in [3.8, 4) is 0 Å². The molecule has 5 nitrogen and oxygen atoms in total. The molecule has 0 aliphatic rings. The van der Waals surface area contributed by atoms with Crippen molar-refractivity contribution in [1.82, 2.24) is 20.6 Å². The van der Waals surface area contributed by atoms with Crippen LogP contribution in [0.25, 0.3) is 11.0 Å². The summed E-state index contributed by atoms with van der Waals surface area (Å²) in [5.74, 6) is 0.886. The maximum absolute atomic E-state index is 11.6. The number of urea groups is 1. The molecule has 0 saturated heterocycles. The number of nitrogens with one attached hydrogen (secondary N) is 3. The number of amides is 2. The fraction of sp³-hybridized carbons (Fsp3) is 0.429. The summed E-state index contributed by atoms with van der Waals surface area (Å²) in [5.41, 5.74) is 1.76. The predicted octanol–water partition coefficient (Wildman–Crippen LogP) is 2.20. The maximum Gasteiger partial charge on any atom is 0.315 e. The molecule has 0 spiro atoms. The van der Waals surface area contributed by atoms with Crippen molar-refractivity contribution in [3.63, 3.8) is 0 Å². The zero-order valence-corrected chi connectivity index (χ0v) is 11.6. The molecule has 5 heteroatoms. The summed E-state index contributed by atoms with van der Waals surface area (Å²) in [6.07, 6.45) is 0.687. The Balaban J connectivity index is 1.84. The van der Waals surface area contributed by atoms with Gasteiger partial charge in [-0.1, -0.05) is 12.1 Å². The van der Waals surface area contributed by atoms with Crippen LogP contribution in [0, 0.1) is 0 Å². The number of imidazole rings is 1. The molecule has 3 N–H and O–H groups in total. The van der Waals surface area contributed by atoms with Crippen molar-refractivity contribution in [1.29, 1.82) is 0 Å². The van der Waals surface area contributed by atoms with E-state index < -0.39 is 0 Å². The molecule has 1 heterocycles. The summed E-state index contributed by atoms with van der Waals surface area (Å²) in [6, 6.07) is 7.74. The molecule has 102 valence electrons. The van der Waals surface area contributed by atoms with Gasteiger partial charge >= 0.3 is 6.03 Å². The van der Waals surface area contributed by atoms with E-state index >= 15 is 0 Å². The van der Waals surface area contributed by atoms with Gasteiger partial charge in [-0.3, -0.25) is 0 Å². The van der Waals surface area contributed by atoms with Gasteiger partial charge in [-0.2, -0.15) is 0 Å². The van der Waals surface area contributed by atoms with Crippen molar-refractivity contribution in [2.45, 2.75) is 32.7 Å². The maximum atomic E-state index is 11.6. The molecule has 2 amide bonds. The van der Waals surface area contributed by atoms with E-state index in [2.05, 4.69) is 20.6 Å². The molecule has 0 aliphatic heterocycles. The van der Waals surface area contributed by atoms with Crippen LogP contribution in [-0.4, -0.2) is 28.1 Å². The highest BCUT2D eigenvalue weighted by atomic mass is 16.2. The van der Waals surface area contributed by atoms with Crippen LogP contribution in [0.2, 0.25) is 0 Å². The number of aromatic amines is 1. The molecule has 0 atom stereocenters. The molecule has 19 heavy (non-hydrogen) atoms. The first kappa shape index (κ1) is 13.4. The third-order valence-corrected chi connectivity index (χ3v) is 2.57. The number of aromatic nitrogens is 2. The lowest BCUT2D eigenvalue weighted by Gasteiger charge is -2.20. The Morgan fingerprint density at radius 1 is 1.32 bits per heavy atom. The quantitative estimate of drug-likeness (QED) is 0.792. The van der Waals surface area contributed by atoms with Gasteiger partial charge in [-0.05, 0) is 32.9 Å². The minimum absolute atomic E-state index is 0.149. The summed E-state index contributed by atoms with van der Waals surface area (Å²) in [4.78, 5) is 19.3. The molecule has 2 rings (SSSR count). The van der Waals surface area contributed by atoms with Gasteiger partial charge in [0.2, 0.25) is 0 Å². The number of H-pyrrole nitrogens is 1. The number of benzene rings is 1. The summed E-state index contributed by atoms with van der Waals surface area (Å²) in [5, 5.41) is 5.67. The summed E-state index contributed by atoms with van der Waals surface area (Å²) < 4.78 is 0. The Hall–Kier alpha value is -2.04. The van der Waals surface area contributed by atoms with E-state index in [1.165, 1.54) is 0 Å². The highest BCUT2D eigenvalue weighted by Crippen LogP contribution is 2.10. The predicted molar refractivity (Wildman–Crippen MR) is 76.1 cm³/mol. The third kappa shape index (κ3) is 3.98. The Labute approximate surface area is 112 Å². The minimum Gasteiger partial charge on any atom is -0.342 e. The molecular formula is C14H20N4O. The number of hydrogen-bond donors (Lipinski definition) is 3. The van der Waals surface area contributed by atoms with Gasteiger partial charge in [0.05, 0.1) is 11.0 Å². The molecule has 0 radical (unpaired) electrons. The van der Waals surface area contributed by atoms with E-state index in [0.29, 0.717) is 13.0 Å². The molecule has 0 unspecified atom stereocenters. The zero-order chi connectivity index (χ0) is 13.9. The first-order chi connectivity index (χ1) is 8.94. The van der Waals surface area contributed by atoms with E-state index in [0.717, 1.165) is 16.9 Å². The highest BCUT2D eigenvalue weighted by Gasteiger charge is 2.12. The lowest BCUT2D eigenvalue weighted by molar-refractivity contribution is 0.232. The lowest BCUT2D eigenvalue weighted by atomic mass is 10.1. The van der Waals surface area contributed by atoms with Gasteiger partial charge in [0.15, 0.2) is 0 Å². The number of carbonyl (C=O) groups is 1. The van der Waals surface area contributed by atoms with Crippen molar-refractivity contribution < 1.29 is 4.79 Å². The summed E-state index contributed by atoms with van der Waals surface area (Å²) in [7, 11) is 0. The molecule has 0 saturated carbocycles. The van der Waals surface area contributed by atoms with Gasteiger partial charge in [0.25, 0.3) is 0 Å². The summed E-state index contributed by atoms with van der Waals surface area (Å²) in [6.45, 7) is 6.41. The standard InChI is InChI=1S/C14H20N4O/c1-14(2,3)18-13(19)15-9-8-12-16-10-6-4-5-7-11(10)17-12/h4-7H,8-9H2,1-3H3,(H,16,17)(H2,15,18,19). The van der Waals surface area contributed by atoms with Gasteiger partial charge < -0.3 is 15.6 Å². The van der Waals surface area contributed by atoms with Crippen molar-refractivity contribution >= 4 is 17.1 Å². The van der Waals surface area contributed by atoms with Gasteiger partial charge in [0, 0.05) is 18.5 Å². The van der Waals surface area contributed by atoms with Gasteiger partial charge in [0.1, 0.15) is 5.82 Å². The second kappa shape index (κ2) is 5.30. The van der Waals surface area contributed by atoms with Crippen LogP contribution < -0.4 is 10.6 Å². The van der Waals surface area contributed by atoms with Crippen LogP contribution in [0.15, 0.2) is 24.3 Å². The fourth-order valence-corrected chi connectivity index (χ4v) is 1.80. The second-order valence-electron chi connectivity index (χ2n) is 5.58. The van der Waals surface area contributed by atoms with Crippen LogP contribution in [0.4, 0.5) is 4.79 Å². The number of para-hydroxylation sites is 2. The number of fused-ring (bicyclic) bond motifs is 1. The SMILES string of the molecule is CC(C)(C)NC(=O)NCCc1nc2ccccc2[nH]1. The zero-order valence-electron chi connectivity index (χ0n) is 11.6. The number of carbonyl (C=O) groups excluding carboxylic acids is 1. The molecule has 0 aliphatic carbocycles. The average molecular weight is 260 g/mol. The first-order valence-corrected chi connectivity index (χ1v) is 6.44. The number of rotatable bonds is 3. The average Bonchev–Trinajstić information content (AvgIpc) is 2.68. The smallest absolute Gasteiger partial charge is 0.315 e.